The molecule has 0 aromatic rings. The molecule has 76 valence electrons. The minimum atomic E-state index is 0.226. The highest BCUT2D eigenvalue weighted by Gasteiger charge is 2.42. The summed E-state index contributed by atoms with van der Waals surface area (Å²) in [6.45, 7) is 5.16. The molecule has 2 atom stereocenters. The van der Waals surface area contributed by atoms with Crippen LogP contribution >= 0.6 is 12.9 Å². The Morgan fingerprint density at radius 3 is 2.62 bits per heavy atom. The van der Waals surface area contributed by atoms with Crippen LogP contribution in [0.25, 0.3) is 0 Å². The number of thiol groups is 1. The summed E-state index contributed by atoms with van der Waals surface area (Å²) < 4.78 is 4.89. The zero-order valence-electron chi connectivity index (χ0n) is 8.32. The smallest absolute Gasteiger partial charge is 0.120 e. The summed E-state index contributed by atoms with van der Waals surface area (Å²) in [4.78, 5) is 10.5. The minimum absolute atomic E-state index is 0.226. The normalized spacial score (nSPS) is 31.9. The Morgan fingerprint density at radius 2 is 2.08 bits per heavy atom. The summed E-state index contributed by atoms with van der Waals surface area (Å²) in [5.74, 6) is 1.08. The molecule has 0 heterocycles. The van der Waals surface area contributed by atoms with E-state index in [1.807, 2.05) is 0 Å². The summed E-state index contributed by atoms with van der Waals surface area (Å²) in [7, 11) is 0. The molecule has 1 fully saturated rings. The summed E-state index contributed by atoms with van der Waals surface area (Å²) in [5.41, 5.74) is 0.226. The molecular weight excluding hydrogens is 184 g/mol. The number of hydrogen-bond acceptors (Lipinski definition) is 3. The van der Waals surface area contributed by atoms with Gasteiger partial charge in [0.25, 0.3) is 0 Å². The van der Waals surface area contributed by atoms with Crippen molar-refractivity contribution in [1.29, 1.82) is 0 Å². The Morgan fingerprint density at radius 1 is 1.46 bits per heavy atom. The second-order valence-corrected chi connectivity index (χ2v) is 4.75. The zero-order valence-corrected chi connectivity index (χ0v) is 9.22. The topological polar surface area (TPSA) is 26.3 Å². The molecule has 13 heavy (non-hydrogen) atoms. The minimum Gasteiger partial charge on any atom is -0.318 e. The van der Waals surface area contributed by atoms with Gasteiger partial charge in [-0.05, 0) is 43.0 Å². The predicted molar refractivity (Wildman–Crippen MR) is 55.6 cm³/mol. The van der Waals surface area contributed by atoms with Crippen molar-refractivity contribution in [2.24, 2.45) is 17.3 Å². The molecular formula is C10H18O2S. The number of carbonyl (C=O) groups is 1. The van der Waals surface area contributed by atoms with E-state index >= 15 is 0 Å². The lowest BCUT2D eigenvalue weighted by Crippen LogP contribution is -2.27. The van der Waals surface area contributed by atoms with Gasteiger partial charge in [0.2, 0.25) is 0 Å². The summed E-state index contributed by atoms with van der Waals surface area (Å²) in [6, 6.07) is 0. The molecule has 0 N–H and O–H groups in total. The van der Waals surface area contributed by atoms with E-state index in [-0.39, 0.29) is 5.41 Å². The van der Waals surface area contributed by atoms with Gasteiger partial charge in [-0.2, -0.15) is 0 Å². The van der Waals surface area contributed by atoms with Gasteiger partial charge >= 0.3 is 0 Å². The van der Waals surface area contributed by atoms with Crippen LogP contribution in [0.4, 0.5) is 0 Å². The molecule has 3 heteroatoms. The van der Waals surface area contributed by atoms with Gasteiger partial charge in [-0.3, -0.25) is 0 Å². The van der Waals surface area contributed by atoms with Crippen molar-refractivity contribution in [3.8, 4) is 0 Å². The third kappa shape index (κ3) is 2.26. The lowest BCUT2D eigenvalue weighted by atomic mass is 9.75. The highest BCUT2D eigenvalue weighted by Crippen LogP contribution is 2.48. The summed E-state index contributed by atoms with van der Waals surface area (Å²) >= 11 is 3.79. The number of aldehydes is 1. The van der Waals surface area contributed by atoms with Gasteiger partial charge in [0.15, 0.2) is 0 Å². The fourth-order valence-corrected chi connectivity index (χ4v) is 2.59. The standard InChI is InChI=1S/C10H18O2S/c1-10(2)8(5-6-11)3-4-9(10)7-12-13/h6,8-9,13H,3-5,7H2,1-2H3. The molecule has 0 amide bonds. The van der Waals surface area contributed by atoms with E-state index in [2.05, 4.69) is 26.8 Å². The lowest BCUT2D eigenvalue weighted by molar-refractivity contribution is -0.109. The van der Waals surface area contributed by atoms with Crippen LogP contribution in [0.15, 0.2) is 0 Å². The molecule has 2 unspecified atom stereocenters. The van der Waals surface area contributed by atoms with Crippen molar-refractivity contribution < 1.29 is 8.98 Å². The van der Waals surface area contributed by atoms with E-state index < -0.39 is 0 Å². The van der Waals surface area contributed by atoms with Crippen molar-refractivity contribution in [2.45, 2.75) is 33.1 Å². The van der Waals surface area contributed by atoms with Crippen LogP contribution < -0.4 is 0 Å². The Kier molecular flexibility index (Phi) is 3.80. The van der Waals surface area contributed by atoms with Gasteiger partial charge in [0.05, 0.1) is 6.61 Å². The van der Waals surface area contributed by atoms with Crippen LogP contribution in [-0.2, 0) is 8.98 Å². The molecule has 0 aliphatic heterocycles. The molecule has 0 spiro atoms. The first kappa shape index (κ1) is 11.1. The first-order chi connectivity index (χ1) is 6.12. The van der Waals surface area contributed by atoms with Crippen LogP contribution in [0.1, 0.15) is 33.1 Å². The molecule has 0 bridgehead atoms. The van der Waals surface area contributed by atoms with Crippen molar-refractivity contribution in [3.63, 3.8) is 0 Å². The molecule has 0 radical (unpaired) electrons. The monoisotopic (exact) mass is 202 g/mol. The maximum Gasteiger partial charge on any atom is 0.120 e. The SMILES string of the molecule is CC1(C)C(CC=O)CCC1COS. The first-order valence-electron chi connectivity index (χ1n) is 4.83. The van der Waals surface area contributed by atoms with Crippen LogP contribution in [0, 0.1) is 17.3 Å². The van der Waals surface area contributed by atoms with E-state index in [1.165, 1.54) is 0 Å². The molecule has 0 aromatic heterocycles. The van der Waals surface area contributed by atoms with E-state index in [0.717, 1.165) is 19.1 Å². The molecule has 1 rings (SSSR count). The molecule has 1 aliphatic rings. The fourth-order valence-electron chi connectivity index (χ4n) is 2.41. The quantitative estimate of drug-likeness (QED) is 0.430. The first-order valence-corrected chi connectivity index (χ1v) is 5.19. The Hall–Kier alpha value is -0.0200. The number of hydrogen-bond donors (Lipinski definition) is 1. The van der Waals surface area contributed by atoms with Crippen molar-refractivity contribution >= 4 is 19.2 Å². The van der Waals surface area contributed by atoms with Crippen LogP contribution in [0.5, 0.6) is 0 Å². The van der Waals surface area contributed by atoms with E-state index in [9.17, 15) is 4.79 Å². The number of rotatable bonds is 4. The molecule has 0 saturated heterocycles. The Labute approximate surface area is 85.7 Å². The van der Waals surface area contributed by atoms with Gasteiger partial charge in [-0.15, -0.1) is 0 Å². The highest BCUT2D eigenvalue weighted by atomic mass is 32.1. The molecule has 2 nitrogen and oxygen atoms in total. The zero-order chi connectivity index (χ0) is 9.90. The Bertz CT molecular complexity index is 180. The van der Waals surface area contributed by atoms with Gasteiger partial charge < -0.3 is 8.98 Å². The van der Waals surface area contributed by atoms with Gasteiger partial charge in [0.1, 0.15) is 6.29 Å². The summed E-state index contributed by atoms with van der Waals surface area (Å²) in [5, 5.41) is 0. The number of carbonyl (C=O) groups excluding carboxylic acids is 1. The fraction of sp³-hybridized carbons (Fsp3) is 0.900. The van der Waals surface area contributed by atoms with Crippen molar-refractivity contribution in [3.05, 3.63) is 0 Å². The maximum absolute atomic E-state index is 10.5. The largest absolute Gasteiger partial charge is 0.318 e. The van der Waals surface area contributed by atoms with Crippen molar-refractivity contribution in [1.82, 2.24) is 0 Å². The highest BCUT2D eigenvalue weighted by molar-refractivity contribution is 7.75. The van der Waals surface area contributed by atoms with E-state index in [4.69, 9.17) is 4.18 Å². The van der Waals surface area contributed by atoms with E-state index in [1.54, 1.807) is 0 Å². The second-order valence-electron chi connectivity index (χ2n) is 4.49. The summed E-state index contributed by atoms with van der Waals surface area (Å²) in [6.07, 6.45) is 4.03. The van der Waals surface area contributed by atoms with Crippen LogP contribution in [0.2, 0.25) is 0 Å². The Balaban J connectivity index is 2.58. The average molecular weight is 202 g/mol. The van der Waals surface area contributed by atoms with Gasteiger partial charge in [-0.1, -0.05) is 13.8 Å². The van der Waals surface area contributed by atoms with Crippen LogP contribution in [-0.4, -0.2) is 12.9 Å². The second kappa shape index (κ2) is 4.47. The van der Waals surface area contributed by atoms with Crippen molar-refractivity contribution in [2.75, 3.05) is 6.61 Å². The maximum atomic E-state index is 10.5. The lowest BCUT2D eigenvalue weighted by Gasteiger charge is -2.31. The predicted octanol–water partition coefficient (Wildman–Crippen LogP) is 2.49. The molecule has 1 aliphatic carbocycles. The third-order valence-electron chi connectivity index (χ3n) is 3.62. The van der Waals surface area contributed by atoms with E-state index in [0.29, 0.717) is 24.9 Å². The van der Waals surface area contributed by atoms with Gasteiger partial charge in [0, 0.05) is 6.42 Å². The average Bonchev–Trinajstić information content (AvgIpc) is 2.33. The van der Waals surface area contributed by atoms with Crippen LogP contribution in [0.3, 0.4) is 0 Å². The molecule has 1 saturated carbocycles. The third-order valence-corrected chi connectivity index (χ3v) is 3.77. The molecule has 0 aromatic carbocycles. The van der Waals surface area contributed by atoms with Gasteiger partial charge in [-0.25, -0.2) is 0 Å².